The van der Waals surface area contributed by atoms with Crippen LogP contribution in [0, 0.1) is 6.57 Å². The minimum Gasteiger partial charge on any atom is -0.483 e. The molecule has 2 nitrogen and oxygen atoms in total. The summed E-state index contributed by atoms with van der Waals surface area (Å²) in [5.41, 5.74) is 1.39. The van der Waals surface area contributed by atoms with E-state index in [4.69, 9.17) is 11.3 Å². The van der Waals surface area contributed by atoms with E-state index in [1.807, 2.05) is 38.1 Å². The zero-order valence-corrected chi connectivity index (χ0v) is 8.24. The summed E-state index contributed by atoms with van der Waals surface area (Å²) in [6.07, 6.45) is 4.01. The predicted octanol–water partition coefficient (Wildman–Crippen LogP) is 3.42. The molecule has 1 heterocycles. The van der Waals surface area contributed by atoms with E-state index in [0.717, 1.165) is 11.3 Å². The van der Waals surface area contributed by atoms with Crippen molar-refractivity contribution in [3.63, 3.8) is 0 Å². The quantitative estimate of drug-likeness (QED) is 0.564. The van der Waals surface area contributed by atoms with E-state index in [-0.39, 0.29) is 5.60 Å². The molecule has 0 atom stereocenters. The Morgan fingerprint density at radius 2 is 2.14 bits per heavy atom. The lowest BCUT2D eigenvalue weighted by Crippen LogP contribution is -2.27. The monoisotopic (exact) mass is 185 g/mol. The normalized spacial score (nSPS) is 16.6. The van der Waals surface area contributed by atoms with Gasteiger partial charge < -0.3 is 4.74 Å². The van der Waals surface area contributed by atoms with E-state index < -0.39 is 0 Å². The third kappa shape index (κ3) is 1.49. The highest BCUT2D eigenvalue weighted by Crippen LogP contribution is 2.33. The second-order valence-corrected chi connectivity index (χ2v) is 3.87. The summed E-state index contributed by atoms with van der Waals surface area (Å²) in [5.74, 6) is 0.852. The minimum absolute atomic E-state index is 0.243. The van der Waals surface area contributed by atoms with Gasteiger partial charge in [-0.1, -0.05) is 12.1 Å². The number of benzene rings is 1. The van der Waals surface area contributed by atoms with Crippen molar-refractivity contribution in [1.82, 2.24) is 0 Å². The van der Waals surface area contributed by atoms with E-state index in [1.54, 1.807) is 6.07 Å². The number of rotatable bonds is 0. The molecule has 0 saturated heterocycles. The minimum atomic E-state index is -0.243. The second kappa shape index (κ2) is 2.88. The fourth-order valence-electron chi connectivity index (χ4n) is 1.44. The molecule has 0 radical (unpaired) electrons. The molecule has 1 aliphatic rings. The first kappa shape index (κ1) is 8.83. The number of hydrogen-bond donors (Lipinski definition) is 0. The molecule has 14 heavy (non-hydrogen) atoms. The highest BCUT2D eigenvalue weighted by atomic mass is 16.5. The van der Waals surface area contributed by atoms with Gasteiger partial charge in [0, 0.05) is 5.56 Å². The van der Waals surface area contributed by atoms with Crippen LogP contribution in [-0.2, 0) is 0 Å². The highest BCUT2D eigenvalue weighted by Gasteiger charge is 2.21. The molecule has 70 valence electrons. The van der Waals surface area contributed by atoms with Gasteiger partial charge in [-0.2, -0.15) is 0 Å². The van der Waals surface area contributed by atoms with Crippen molar-refractivity contribution in [2.75, 3.05) is 0 Å². The largest absolute Gasteiger partial charge is 0.483 e. The fraction of sp³-hybridized carbons (Fsp3) is 0.250. The van der Waals surface area contributed by atoms with E-state index >= 15 is 0 Å². The molecule has 1 aromatic carbocycles. The summed E-state index contributed by atoms with van der Waals surface area (Å²) in [6.45, 7) is 10.9. The maximum absolute atomic E-state index is 6.90. The zero-order chi connectivity index (χ0) is 10.2. The van der Waals surface area contributed by atoms with Gasteiger partial charge in [-0.25, -0.2) is 4.85 Å². The smallest absolute Gasteiger partial charge is 0.188 e. The van der Waals surface area contributed by atoms with Crippen molar-refractivity contribution < 1.29 is 4.74 Å². The average molecular weight is 185 g/mol. The van der Waals surface area contributed by atoms with Crippen LogP contribution in [0.15, 0.2) is 24.3 Å². The maximum Gasteiger partial charge on any atom is 0.188 e. The van der Waals surface area contributed by atoms with E-state index in [9.17, 15) is 0 Å². The molecule has 0 fully saturated rings. The summed E-state index contributed by atoms with van der Waals surface area (Å²) in [4.78, 5) is 3.38. The Bertz CT molecular complexity index is 438. The number of nitrogens with zero attached hydrogens (tertiary/aromatic N) is 1. The number of fused-ring (bicyclic) bond motifs is 1. The second-order valence-electron chi connectivity index (χ2n) is 3.87. The van der Waals surface area contributed by atoms with Crippen LogP contribution in [0.25, 0.3) is 10.9 Å². The van der Waals surface area contributed by atoms with Crippen molar-refractivity contribution >= 4 is 11.8 Å². The highest BCUT2D eigenvalue weighted by molar-refractivity contribution is 5.66. The molecule has 0 unspecified atom stereocenters. The molecule has 0 N–H and O–H groups in total. The van der Waals surface area contributed by atoms with Crippen LogP contribution in [0.3, 0.4) is 0 Å². The summed E-state index contributed by atoms with van der Waals surface area (Å²) < 4.78 is 5.73. The van der Waals surface area contributed by atoms with Crippen molar-refractivity contribution in [2.24, 2.45) is 0 Å². The predicted molar refractivity (Wildman–Crippen MR) is 56.4 cm³/mol. The molecular formula is C12H11NO. The SMILES string of the molecule is [C-]#[N+]c1ccc2c(c1)C=CC(C)(C)O2. The zero-order valence-electron chi connectivity index (χ0n) is 8.24. The van der Waals surface area contributed by atoms with Crippen LogP contribution >= 0.6 is 0 Å². The molecule has 2 rings (SSSR count). The Labute approximate surface area is 83.6 Å². The summed E-state index contributed by atoms with van der Waals surface area (Å²) >= 11 is 0. The third-order valence-corrected chi connectivity index (χ3v) is 2.16. The number of ether oxygens (including phenoxy) is 1. The van der Waals surface area contributed by atoms with Gasteiger partial charge in [0.1, 0.15) is 11.4 Å². The summed E-state index contributed by atoms with van der Waals surface area (Å²) in [6, 6.07) is 5.48. The number of hydrogen-bond acceptors (Lipinski definition) is 1. The first-order valence-corrected chi connectivity index (χ1v) is 4.50. The van der Waals surface area contributed by atoms with Crippen LogP contribution in [0.4, 0.5) is 5.69 Å². The van der Waals surface area contributed by atoms with Crippen molar-refractivity contribution in [2.45, 2.75) is 19.4 Å². The molecule has 0 saturated carbocycles. The van der Waals surface area contributed by atoms with Gasteiger partial charge in [0.05, 0.1) is 6.57 Å². The van der Waals surface area contributed by atoms with Crippen LogP contribution in [-0.4, -0.2) is 5.60 Å². The van der Waals surface area contributed by atoms with E-state index in [1.165, 1.54) is 0 Å². The molecule has 0 aromatic heterocycles. The van der Waals surface area contributed by atoms with Crippen LogP contribution in [0.5, 0.6) is 5.75 Å². The van der Waals surface area contributed by atoms with Gasteiger partial charge in [-0.3, -0.25) is 0 Å². The third-order valence-electron chi connectivity index (χ3n) is 2.16. The van der Waals surface area contributed by atoms with Gasteiger partial charge in [0.2, 0.25) is 0 Å². The molecular weight excluding hydrogens is 174 g/mol. The first-order valence-electron chi connectivity index (χ1n) is 4.50. The Kier molecular flexibility index (Phi) is 1.82. The van der Waals surface area contributed by atoms with Crippen molar-refractivity contribution in [3.8, 4) is 5.75 Å². The maximum atomic E-state index is 6.90. The van der Waals surface area contributed by atoms with Crippen molar-refractivity contribution in [1.29, 1.82) is 0 Å². The van der Waals surface area contributed by atoms with Crippen LogP contribution in [0.1, 0.15) is 19.4 Å². The summed E-state index contributed by atoms with van der Waals surface area (Å²) in [5, 5.41) is 0. The van der Waals surface area contributed by atoms with E-state index in [2.05, 4.69) is 4.85 Å². The van der Waals surface area contributed by atoms with E-state index in [0.29, 0.717) is 5.69 Å². The standard InChI is InChI=1S/C12H11NO/c1-12(2)7-6-9-8-10(13-3)4-5-11(9)14-12/h4-8H,1-2H3. The molecule has 0 aliphatic carbocycles. The lowest BCUT2D eigenvalue weighted by atomic mass is 10.0. The average Bonchev–Trinajstić information content (AvgIpc) is 2.16. The van der Waals surface area contributed by atoms with Crippen molar-refractivity contribution in [3.05, 3.63) is 41.3 Å². The Morgan fingerprint density at radius 3 is 2.86 bits per heavy atom. The fourth-order valence-corrected chi connectivity index (χ4v) is 1.44. The van der Waals surface area contributed by atoms with Gasteiger partial charge in [-0.15, -0.1) is 0 Å². The Morgan fingerprint density at radius 1 is 1.36 bits per heavy atom. The molecule has 1 aromatic rings. The molecule has 0 spiro atoms. The lowest BCUT2D eigenvalue weighted by Gasteiger charge is -2.27. The lowest BCUT2D eigenvalue weighted by molar-refractivity contribution is 0.159. The topological polar surface area (TPSA) is 13.6 Å². The Hall–Kier alpha value is -1.75. The van der Waals surface area contributed by atoms with Crippen LogP contribution in [0.2, 0.25) is 0 Å². The van der Waals surface area contributed by atoms with Gasteiger partial charge in [0.25, 0.3) is 0 Å². The van der Waals surface area contributed by atoms with Gasteiger partial charge in [-0.05, 0) is 32.1 Å². The molecule has 0 bridgehead atoms. The Balaban J connectivity index is 2.47. The molecule has 1 aliphatic heterocycles. The first-order chi connectivity index (χ1) is 6.61. The van der Waals surface area contributed by atoms with Crippen LogP contribution < -0.4 is 4.74 Å². The van der Waals surface area contributed by atoms with Gasteiger partial charge in [0.15, 0.2) is 5.69 Å². The van der Waals surface area contributed by atoms with Gasteiger partial charge >= 0.3 is 0 Å². The molecule has 2 heteroatoms. The summed E-state index contributed by atoms with van der Waals surface area (Å²) in [7, 11) is 0. The molecule has 0 amide bonds.